The van der Waals surface area contributed by atoms with Crippen LogP contribution in [0.15, 0.2) is 40.5 Å². The van der Waals surface area contributed by atoms with Gasteiger partial charge in [-0.3, -0.25) is 28.5 Å². The van der Waals surface area contributed by atoms with Crippen LogP contribution in [0.3, 0.4) is 0 Å². The minimum absolute atomic E-state index is 0.0211. The zero-order valence-corrected chi connectivity index (χ0v) is 32.8. The van der Waals surface area contributed by atoms with Gasteiger partial charge < -0.3 is 42.6 Å². The molecule has 1 fully saturated rings. The number of rotatable bonds is 13. The van der Waals surface area contributed by atoms with Gasteiger partial charge >= 0.3 is 29.8 Å². The van der Waals surface area contributed by atoms with E-state index >= 15 is 0 Å². The quantitative estimate of drug-likeness (QED) is 0.177. The summed E-state index contributed by atoms with van der Waals surface area (Å²) in [4.78, 5) is 81.3. The second kappa shape index (κ2) is 17.7. The van der Waals surface area contributed by atoms with Crippen LogP contribution in [-0.4, -0.2) is 106 Å². The van der Waals surface area contributed by atoms with Gasteiger partial charge in [-0.05, 0) is 38.5 Å². The van der Waals surface area contributed by atoms with E-state index in [0.717, 1.165) is 32.4 Å². The predicted octanol–water partition coefficient (Wildman–Crippen LogP) is 1.83. The molecule has 2 aromatic heterocycles. The highest BCUT2D eigenvalue weighted by Gasteiger charge is 2.53. The van der Waals surface area contributed by atoms with Gasteiger partial charge in [0.25, 0.3) is 5.56 Å². The third-order valence-corrected chi connectivity index (χ3v) is 8.87. The van der Waals surface area contributed by atoms with E-state index in [9.17, 15) is 28.8 Å². The lowest BCUT2D eigenvalue weighted by Crippen LogP contribution is -2.60. The lowest BCUT2D eigenvalue weighted by molar-refractivity contribution is -0.270. The van der Waals surface area contributed by atoms with E-state index in [0.29, 0.717) is 17.1 Å². The summed E-state index contributed by atoms with van der Waals surface area (Å²) >= 11 is 0. The molecule has 2 aliphatic rings. The normalized spacial score (nSPS) is 21.4. The minimum Gasteiger partial charge on any atom is -0.497 e. The molecule has 0 aliphatic carbocycles. The minimum atomic E-state index is -1.46. The molecule has 6 atom stereocenters. The monoisotopic (exact) mass is 797 g/mol. The van der Waals surface area contributed by atoms with E-state index in [1.54, 1.807) is 39.0 Å². The molecular formula is C37H43N5O15. The number of aromatic nitrogens is 5. The van der Waals surface area contributed by atoms with Crippen LogP contribution in [0.4, 0.5) is 0 Å². The molecule has 3 aromatic rings. The van der Waals surface area contributed by atoms with Crippen molar-refractivity contribution in [1.29, 1.82) is 0 Å². The molecule has 0 spiro atoms. The van der Waals surface area contributed by atoms with Crippen molar-refractivity contribution < 1.29 is 66.6 Å². The van der Waals surface area contributed by atoms with Crippen LogP contribution in [-0.2, 0) is 58.9 Å². The highest BCUT2D eigenvalue weighted by Crippen LogP contribution is 2.43. The van der Waals surface area contributed by atoms with Gasteiger partial charge in [-0.15, -0.1) is 5.10 Å². The standard InChI is InChI=1S/C37H43N5O15/c1-10-51-37(48)28-17(2)53-34-30(29(28)23-11-25(49-8)13-26(12-23)50-9)35(47)41(18(3)38-34)14-24-15-42(40-39-24)36-33(56-22(7)46)32(55-21(6)45)31(54-20(5)44)27(57-36)16-52-19(4)43/h11-13,15,27,29,31-33,36H,10,14,16H2,1-9H3/t27-,29?,31-,32+,33-,36-/m1/s1. The number of aryl methyl sites for hydroxylation is 1. The first-order valence-corrected chi connectivity index (χ1v) is 17.7. The number of esters is 5. The SMILES string of the molecule is CCOC(=O)C1=C(C)Oc2nc(C)n(Cc3cn([C@@H]4O[C@H](COC(C)=O)[C@@H](OC(C)=O)[C@H](OC(C)=O)[C@H]4OC(C)=O)nn3)c(=O)c2C1c1cc(OC)cc(OC)c1. The first-order valence-electron chi connectivity index (χ1n) is 17.7. The summed E-state index contributed by atoms with van der Waals surface area (Å²) in [6.07, 6.45) is -5.52. The third-order valence-electron chi connectivity index (χ3n) is 8.87. The summed E-state index contributed by atoms with van der Waals surface area (Å²) in [5.41, 5.74) is 0.158. The fourth-order valence-corrected chi connectivity index (χ4v) is 6.60. The highest BCUT2D eigenvalue weighted by atomic mass is 16.7. The first-order chi connectivity index (χ1) is 27.1. The molecule has 57 heavy (non-hydrogen) atoms. The lowest BCUT2D eigenvalue weighted by atomic mass is 9.83. The van der Waals surface area contributed by atoms with Gasteiger partial charge in [0.15, 0.2) is 24.5 Å². The Hall–Kier alpha value is -6.31. The molecule has 4 heterocycles. The Morgan fingerprint density at radius 1 is 0.825 bits per heavy atom. The Bertz CT molecular complexity index is 2120. The number of allylic oxidation sites excluding steroid dienone is 1. The fourth-order valence-electron chi connectivity index (χ4n) is 6.60. The van der Waals surface area contributed by atoms with Gasteiger partial charge in [0.2, 0.25) is 5.88 Å². The van der Waals surface area contributed by atoms with Crippen molar-refractivity contribution in [1.82, 2.24) is 24.5 Å². The number of hydrogen-bond donors (Lipinski definition) is 0. The number of carbonyl (C=O) groups excluding carboxylic acids is 5. The van der Waals surface area contributed by atoms with E-state index in [2.05, 4.69) is 15.3 Å². The Labute approximate surface area is 325 Å². The summed E-state index contributed by atoms with van der Waals surface area (Å²) in [5, 5.41) is 8.40. The predicted molar refractivity (Wildman–Crippen MR) is 191 cm³/mol. The fraction of sp³-hybridized carbons (Fsp3) is 0.486. The maximum atomic E-state index is 14.6. The van der Waals surface area contributed by atoms with Crippen molar-refractivity contribution in [3.05, 3.63) is 68.7 Å². The van der Waals surface area contributed by atoms with Crippen LogP contribution < -0.4 is 19.8 Å². The Balaban J connectivity index is 1.59. The summed E-state index contributed by atoms with van der Waals surface area (Å²) in [5.74, 6) is -3.62. The van der Waals surface area contributed by atoms with Crippen molar-refractivity contribution in [2.45, 2.75) is 91.6 Å². The van der Waals surface area contributed by atoms with Gasteiger partial charge in [0.05, 0.1) is 50.6 Å². The molecule has 0 N–H and O–H groups in total. The highest BCUT2D eigenvalue weighted by molar-refractivity contribution is 5.92. The lowest BCUT2D eigenvalue weighted by Gasteiger charge is -2.44. The van der Waals surface area contributed by atoms with Gasteiger partial charge in [0.1, 0.15) is 41.5 Å². The smallest absolute Gasteiger partial charge is 0.338 e. The van der Waals surface area contributed by atoms with Crippen molar-refractivity contribution >= 4 is 29.8 Å². The van der Waals surface area contributed by atoms with Crippen molar-refractivity contribution in [2.75, 3.05) is 27.4 Å². The number of nitrogens with zero attached hydrogens (tertiary/aromatic N) is 5. The van der Waals surface area contributed by atoms with Crippen molar-refractivity contribution in [2.24, 2.45) is 0 Å². The molecule has 306 valence electrons. The molecule has 1 unspecified atom stereocenters. The molecule has 2 aliphatic heterocycles. The van der Waals surface area contributed by atoms with E-state index in [1.165, 1.54) is 25.0 Å². The van der Waals surface area contributed by atoms with Gasteiger partial charge in [0, 0.05) is 33.8 Å². The van der Waals surface area contributed by atoms with E-state index in [-0.39, 0.29) is 47.4 Å². The third kappa shape index (κ3) is 9.22. The number of fused-ring (bicyclic) bond motifs is 1. The van der Waals surface area contributed by atoms with Crippen LogP contribution in [0.5, 0.6) is 17.4 Å². The van der Waals surface area contributed by atoms with E-state index in [4.69, 9.17) is 42.6 Å². The molecule has 0 radical (unpaired) electrons. The van der Waals surface area contributed by atoms with Gasteiger partial charge in [-0.1, -0.05) is 5.21 Å². The summed E-state index contributed by atoms with van der Waals surface area (Å²) in [7, 11) is 2.94. The number of hydrogen-bond acceptors (Lipinski definition) is 18. The molecule has 0 amide bonds. The van der Waals surface area contributed by atoms with Gasteiger partial charge in [-0.25, -0.2) is 9.48 Å². The summed E-state index contributed by atoms with van der Waals surface area (Å²) in [6, 6.07) is 4.97. The summed E-state index contributed by atoms with van der Waals surface area (Å²) in [6.45, 7) is 8.69. The molecule has 0 saturated carbocycles. The molecule has 1 aromatic carbocycles. The molecule has 20 nitrogen and oxygen atoms in total. The largest absolute Gasteiger partial charge is 0.497 e. The maximum Gasteiger partial charge on any atom is 0.338 e. The number of ether oxygens (including phenoxy) is 9. The van der Waals surface area contributed by atoms with Crippen molar-refractivity contribution in [3.8, 4) is 17.4 Å². The molecule has 0 bridgehead atoms. The number of methoxy groups -OCH3 is 2. The molecule has 20 heteroatoms. The molecule has 5 rings (SSSR count). The second-order valence-corrected chi connectivity index (χ2v) is 12.9. The zero-order chi connectivity index (χ0) is 41.7. The summed E-state index contributed by atoms with van der Waals surface area (Å²) < 4.78 is 52.7. The Morgan fingerprint density at radius 3 is 2.02 bits per heavy atom. The van der Waals surface area contributed by atoms with Crippen LogP contribution in [0.2, 0.25) is 0 Å². The zero-order valence-electron chi connectivity index (χ0n) is 32.8. The van der Waals surface area contributed by atoms with Crippen molar-refractivity contribution in [3.63, 3.8) is 0 Å². The number of carbonyl (C=O) groups is 5. The van der Waals surface area contributed by atoms with E-state index in [1.807, 2.05) is 0 Å². The van der Waals surface area contributed by atoms with Crippen LogP contribution >= 0.6 is 0 Å². The van der Waals surface area contributed by atoms with Crippen LogP contribution in [0.1, 0.15) is 76.3 Å². The Morgan fingerprint density at radius 2 is 1.44 bits per heavy atom. The van der Waals surface area contributed by atoms with Crippen LogP contribution in [0, 0.1) is 6.92 Å². The maximum absolute atomic E-state index is 14.6. The average molecular weight is 798 g/mol. The Kier molecular flexibility index (Phi) is 13.0. The van der Waals surface area contributed by atoms with E-state index < -0.39 is 78.6 Å². The molecule has 1 saturated heterocycles. The molecular weight excluding hydrogens is 754 g/mol. The van der Waals surface area contributed by atoms with Crippen LogP contribution in [0.25, 0.3) is 0 Å². The van der Waals surface area contributed by atoms with Gasteiger partial charge in [-0.2, -0.15) is 4.98 Å². The average Bonchev–Trinajstić information content (AvgIpc) is 3.61. The first kappa shape index (κ1) is 41.8. The second-order valence-electron chi connectivity index (χ2n) is 12.9. The topological polar surface area (TPSA) is 234 Å². The number of benzene rings is 1.